The van der Waals surface area contributed by atoms with E-state index >= 15 is 0 Å². The molecule has 0 saturated heterocycles. The standard InChI is InChI=1S/C5H8F2O3/c6-4(7)1-3(2-8)5(9)10/h3-4,8H,1-2H2,(H,9,10). The molecule has 1 atom stereocenters. The Balaban J connectivity index is 3.72. The molecule has 0 saturated carbocycles. The molecule has 3 nitrogen and oxygen atoms in total. The summed E-state index contributed by atoms with van der Waals surface area (Å²) in [5.74, 6) is -2.72. The van der Waals surface area contributed by atoms with Gasteiger partial charge in [-0.15, -0.1) is 0 Å². The molecule has 0 aromatic rings. The van der Waals surface area contributed by atoms with Crippen LogP contribution < -0.4 is 0 Å². The van der Waals surface area contributed by atoms with Crippen LogP contribution in [0.15, 0.2) is 0 Å². The molecule has 60 valence electrons. The normalized spacial score (nSPS) is 13.6. The number of carboxylic acid groups (broad SMARTS) is 1. The zero-order valence-electron chi connectivity index (χ0n) is 5.13. The molecule has 0 aliphatic rings. The Morgan fingerprint density at radius 1 is 1.50 bits per heavy atom. The van der Waals surface area contributed by atoms with E-state index in [9.17, 15) is 13.6 Å². The molecule has 0 heterocycles. The van der Waals surface area contributed by atoms with Gasteiger partial charge in [0.15, 0.2) is 0 Å². The van der Waals surface area contributed by atoms with Crippen molar-refractivity contribution in [3.05, 3.63) is 0 Å². The van der Waals surface area contributed by atoms with Crippen LogP contribution in [0.25, 0.3) is 0 Å². The van der Waals surface area contributed by atoms with Crippen molar-refractivity contribution in [3.63, 3.8) is 0 Å². The first-order chi connectivity index (χ1) is 4.57. The number of aliphatic carboxylic acids is 1. The number of halogens is 2. The van der Waals surface area contributed by atoms with Gasteiger partial charge in [0.1, 0.15) is 0 Å². The van der Waals surface area contributed by atoms with Crippen molar-refractivity contribution in [1.82, 2.24) is 0 Å². The van der Waals surface area contributed by atoms with Crippen LogP contribution in [0.5, 0.6) is 0 Å². The third-order valence-corrected chi connectivity index (χ3v) is 1.03. The van der Waals surface area contributed by atoms with E-state index in [4.69, 9.17) is 10.2 Å². The van der Waals surface area contributed by atoms with Crippen molar-refractivity contribution in [2.45, 2.75) is 12.8 Å². The number of hydrogen-bond acceptors (Lipinski definition) is 2. The van der Waals surface area contributed by atoms with Gasteiger partial charge in [0.25, 0.3) is 0 Å². The average molecular weight is 154 g/mol. The van der Waals surface area contributed by atoms with E-state index in [1.54, 1.807) is 0 Å². The van der Waals surface area contributed by atoms with Gasteiger partial charge in [-0.05, 0) is 0 Å². The Morgan fingerprint density at radius 2 is 2.00 bits per heavy atom. The lowest BCUT2D eigenvalue weighted by molar-refractivity contribution is -0.144. The zero-order chi connectivity index (χ0) is 8.15. The molecule has 0 bridgehead atoms. The highest BCUT2D eigenvalue weighted by Gasteiger charge is 2.20. The van der Waals surface area contributed by atoms with Gasteiger partial charge in [-0.2, -0.15) is 0 Å². The fourth-order valence-electron chi connectivity index (χ4n) is 0.469. The van der Waals surface area contributed by atoms with Crippen molar-refractivity contribution in [2.24, 2.45) is 5.92 Å². The molecule has 0 aromatic heterocycles. The molecule has 1 unspecified atom stereocenters. The van der Waals surface area contributed by atoms with E-state index < -0.39 is 31.3 Å². The molecule has 0 aliphatic heterocycles. The number of rotatable bonds is 4. The second kappa shape index (κ2) is 4.16. The van der Waals surface area contributed by atoms with Crippen molar-refractivity contribution in [3.8, 4) is 0 Å². The number of aliphatic hydroxyl groups excluding tert-OH is 1. The summed E-state index contributed by atoms with van der Waals surface area (Å²) in [5.41, 5.74) is 0. The first kappa shape index (κ1) is 9.29. The highest BCUT2D eigenvalue weighted by Crippen LogP contribution is 2.09. The van der Waals surface area contributed by atoms with Gasteiger partial charge < -0.3 is 10.2 Å². The third-order valence-electron chi connectivity index (χ3n) is 1.03. The molecule has 0 aliphatic carbocycles. The highest BCUT2D eigenvalue weighted by molar-refractivity contribution is 5.70. The summed E-state index contributed by atoms with van der Waals surface area (Å²) >= 11 is 0. The second-order valence-electron chi connectivity index (χ2n) is 1.84. The average Bonchev–Trinajstić information content (AvgIpc) is 1.81. The van der Waals surface area contributed by atoms with Crippen LogP contribution in [0.2, 0.25) is 0 Å². The fraction of sp³-hybridized carbons (Fsp3) is 0.800. The van der Waals surface area contributed by atoms with E-state index in [1.807, 2.05) is 0 Å². The Bertz CT molecular complexity index is 115. The molecule has 0 radical (unpaired) electrons. The van der Waals surface area contributed by atoms with Crippen molar-refractivity contribution in [2.75, 3.05) is 6.61 Å². The zero-order valence-corrected chi connectivity index (χ0v) is 5.13. The Hall–Kier alpha value is -0.710. The molecule has 10 heavy (non-hydrogen) atoms. The van der Waals surface area contributed by atoms with Crippen molar-refractivity contribution in [1.29, 1.82) is 0 Å². The molecule has 5 heteroatoms. The van der Waals surface area contributed by atoms with E-state index in [0.29, 0.717) is 0 Å². The lowest BCUT2D eigenvalue weighted by Gasteiger charge is -2.06. The van der Waals surface area contributed by atoms with Crippen LogP contribution in [0, 0.1) is 5.92 Å². The minimum absolute atomic E-state index is 0.736. The first-order valence-corrected chi connectivity index (χ1v) is 2.69. The Labute approximate surface area is 56.3 Å². The second-order valence-corrected chi connectivity index (χ2v) is 1.84. The van der Waals surface area contributed by atoms with Gasteiger partial charge >= 0.3 is 5.97 Å². The quantitative estimate of drug-likeness (QED) is 0.613. The molecule has 2 N–H and O–H groups in total. The Kier molecular flexibility index (Phi) is 3.87. The maximum Gasteiger partial charge on any atom is 0.309 e. The highest BCUT2D eigenvalue weighted by atomic mass is 19.3. The van der Waals surface area contributed by atoms with Crippen LogP contribution >= 0.6 is 0 Å². The van der Waals surface area contributed by atoms with Crippen LogP contribution in [-0.2, 0) is 4.79 Å². The van der Waals surface area contributed by atoms with Crippen LogP contribution in [-0.4, -0.2) is 29.2 Å². The number of carboxylic acids is 1. The maximum atomic E-state index is 11.5. The number of alkyl halides is 2. The van der Waals surface area contributed by atoms with Crippen LogP contribution in [0.4, 0.5) is 8.78 Å². The van der Waals surface area contributed by atoms with Crippen molar-refractivity contribution < 1.29 is 23.8 Å². The predicted octanol–water partition coefficient (Wildman–Crippen LogP) is 0.335. The Morgan fingerprint density at radius 3 is 2.10 bits per heavy atom. The van der Waals surface area contributed by atoms with Gasteiger partial charge in [0, 0.05) is 6.42 Å². The minimum Gasteiger partial charge on any atom is -0.481 e. The number of hydrogen-bond donors (Lipinski definition) is 2. The summed E-state index contributed by atoms with van der Waals surface area (Å²) in [6.07, 6.45) is -3.46. The molecular formula is C5H8F2O3. The molecule has 0 aromatic carbocycles. The molecule has 0 spiro atoms. The van der Waals surface area contributed by atoms with Gasteiger partial charge in [-0.25, -0.2) is 8.78 Å². The molecule has 0 fully saturated rings. The van der Waals surface area contributed by atoms with E-state index in [1.165, 1.54) is 0 Å². The van der Waals surface area contributed by atoms with E-state index in [2.05, 4.69) is 0 Å². The van der Waals surface area contributed by atoms with Gasteiger partial charge in [0.2, 0.25) is 6.43 Å². The third kappa shape index (κ3) is 3.34. The maximum absolute atomic E-state index is 11.5. The van der Waals surface area contributed by atoms with Gasteiger partial charge in [-0.3, -0.25) is 4.79 Å². The topological polar surface area (TPSA) is 57.5 Å². The van der Waals surface area contributed by atoms with Crippen LogP contribution in [0.1, 0.15) is 6.42 Å². The summed E-state index contributed by atoms with van der Waals surface area (Å²) in [6, 6.07) is 0. The first-order valence-electron chi connectivity index (χ1n) is 2.69. The molecule has 0 rings (SSSR count). The van der Waals surface area contributed by atoms with Crippen LogP contribution in [0.3, 0.4) is 0 Å². The van der Waals surface area contributed by atoms with Gasteiger partial charge in [-0.1, -0.05) is 0 Å². The predicted molar refractivity (Wildman–Crippen MR) is 28.8 cm³/mol. The fourth-order valence-corrected chi connectivity index (χ4v) is 0.469. The minimum atomic E-state index is -2.67. The molecular weight excluding hydrogens is 146 g/mol. The lowest BCUT2D eigenvalue weighted by Crippen LogP contribution is -2.20. The van der Waals surface area contributed by atoms with Gasteiger partial charge in [0.05, 0.1) is 12.5 Å². The largest absolute Gasteiger partial charge is 0.481 e. The summed E-state index contributed by atoms with van der Waals surface area (Å²) in [4.78, 5) is 9.97. The van der Waals surface area contributed by atoms with E-state index in [0.717, 1.165) is 0 Å². The number of aliphatic hydroxyl groups is 1. The summed E-state index contributed by atoms with van der Waals surface area (Å²) < 4.78 is 22.9. The van der Waals surface area contributed by atoms with E-state index in [-0.39, 0.29) is 0 Å². The summed E-state index contributed by atoms with van der Waals surface area (Å²) in [5, 5.41) is 16.4. The monoisotopic (exact) mass is 154 g/mol. The lowest BCUT2D eigenvalue weighted by atomic mass is 10.1. The summed E-state index contributed by atoms with van der Waals surface area (Å²) in [6.45, 7) is -0.736. The SMILES string of the molecule is O=C(O)C(CO)CC(F)F. The number of carbonyl (C=O) groups is 1. The summed E-state index contributed by atoms with van der Waals surface area (Å²) in [7, 11) is 0. The smallest absolute Gasteiger partial charge is 0.309 e. The van der Waals surface area contributed by atoms with Crippen molar-refractivity contribution >= 4 is 5.97 Å². The molecule has 0 amide bonds.